The van der Waals surface area contributed by atoms with E-state index in [1.165, 1.54) is 6.33 Å². The summed E-state index contributed by atoms with van der Waals surface area (Å²) < 4.78 is 0. The average Bonchev–Trinajstić information content (AvgIpc) is 3.32. The largest absolute Gasteiger partial charge is 0.357 e. The molecule has 3 rings (SSSR count). The second-order valence-corrected chi connectivity index (χ2v) is 7.31. The number of hydrogen-bond acceptors (Lipinski definition) is 4. The number of amides is 1. The van der Waals surface area contributed by atoms with Crippen LogP contribution < -0.4 is 10.6 Å². The van der Waals surface area contributed by atoms with E-state index in [0.29, 0.717) is 18.7 Å². The number of aromatic nitrogens is 3. The van der Waals surface area contributed by atoms with Gasteiger partial charge in [0.15, 0.2) is 11.8 Å². The Labute approximate surface area is 182 Å². The molecule has 2 aromatic carbocycles. The van der Waals surface area contributed by atoms with Gasteiger partial charge in [-0.2, -0.15) is 5.10 Å². The third-order valence-corrected chi connectivity index (χ3v) is 4.67. The summed E-state index contributed by atoms with van der Waals surface area (Å²) in [5.74, 6) is 1.51. The van der Waals surface area contributed by atoms with E-state index in [4.69, 9.17) is 4.99 Å². The first-order chi connectivity index (χ1) is 15.1. The number of aromatic amines is 1. The van der Waals surface area contributed by atoms with Gasteiger partial charge in [-0.15, -0.1) is 0 Å². The lowest BCUT2D eigenvalue weighted by Crippen LogP contribution is -2.38. The van der Waals surface area contributed by atoms with Crippen molar-refractivity contribution in [2.24, 2.45) is 4.99 Å². The minimum absolute atomic E-state index is 0.0114. The van der Waals surface area contributed by atoms with Crippen LogP contribution in [0, 0.1) is 0 Å². The van der Waals surface area contributed by atoms with E-state index < -0.39 is 0 Å². The summed E-state index contributed by atoms with van der Waals surface area (Å²) in [5.41, 5.74) is 3.88. The van der Waals surface area contributed by atoms with Crippen LogP contribution in [-0.2, 0) is 13.0 Å². The van der Waals surface area contributed by atoms with E-state index in [2.05, 4.69) is 31.9 Å². The van der Waals surface area contributed by atoms with Crippen LogP contribution in [0.15, 0.2) is 59.9 Å². The topological polar surface area (TPSA) is 98.3 Å². The number of nitrogens with one attached hydrogen (secondary N) is 3. The molecule has 8 heteroatoms. The van der Waals surface area contributed by atoms with E-state index in [1.54, 1.807) is 19.0 Å². The zero-order valence-electron chi connectivity index (χ0n) is 18.2. The molecule has 0 atom stereocenters. The molecule has 0 saturated carbocycles. The fourth-order valence-electron chi connectivity index (χ4n) is 3.12. The monoisotopic (exact) mass is 419 g/mol. The number of carbonyl (C=O) groups is 1. The predicted octanol–water partition coefficient (Wildman–Crippen LogP) is 2.47. The molecule has 1 aromatic heterocycles. The molecule has 162 valence electrons. The summed E-state index contributed by atoms with van der Waals surface area (Å²) in [6.07, 6.45) is 2.29. The highest BCUT2D eigenvalue weighted by molar-refractivity contribution is 5.94. The zero-order chi connectivity index (χ0) is 22.1. The van der Waals surface area contributed by atoms with Gasteiger partial charge in [0, 0.05) is 38.3 Å². The van der Waals surface area contributed by atoms with Crippen LogP contribution >= 0.6 is 0 Å². The molecule has 1 heterocycles. The first-order valence-electron chi connectivity index (χ1n) is 10.3. The normalized spacial score (nSPS) is 11.3. The molecule has 0 spiro atoms. The number of aliphatic imine (C=N–C) groups is 1. The fourth-order valence-corrected chi connectivity index (χ4v) is 3.12. The summed E-state index contributed by atoms with van der Waals surface area (Å²) in [6.45, 7) is 4.07. The Hall–Kier alpha value is -3.68. The molecular weight excluding hydrogens is 390 g/mol. The quantitative estimate of drug-likeness (QED) is 0.385. The third-order valence-electron chi connectivity index (χ3n) is 4.67. The minimum atomic E-state index is 0.0114. The van der Waals surface area contributed by atoms with Gasteiger partial charge < -0.3 is 15.5 Å². The van der Waals surface area contributed by atoms with Crippen molar-refractivity contribution in [2.75, 3.05) is 27.2 Å². The van der Waals surface area contributed by atoms with Gasteiger partial charge in [-0.3, -0.25) is 9.89 Å². The van der Waals surface area contributed by atoms with Crippen molar-refractivity contribution in [2.45, 2.75) is 19.9 Å². The Balaban J connectivity index is 1.59. The third kappa shape index (κ3) is 6.40. The Morgan fingerprint density at radius 3 is 2.65 bits per heavy atom. The fraction of sp³-hybridized carbons (Fsp3) is 0.304. The molecule has 3 N–H and O–H groups in total. The minimum Gasteiger partial charge on any atom is -0.357 e. The first-order valence-corrected chi connectivity index (χ1v) is 10.3. The standard InChI is InChI=1S/C23H29N7O/c1-4-24-23(25-12-11-17-7-5-10-20(13-17)22(31)30(2)3)26-15-18-8-6-9-19(14-18)21-27-16-28-29-21/h5-10,13-14,16H,4,11-12,15H2,1-3H3,(H2,24,25,26)(H,27,28,29). The lowest BCUT2D eigenvalue weighted by molar-refractivity contribution is 0.0827. The molecule has 1 amide bonds. The summed E-state index contributed by atoms with van der Waals surface area (Å²) in [7, 11) is 3.52. The van der Waals surface area contributed by atoms with Crippen LogP contribution in [0.4, 0.5) is 0 Å². The smallest absolute Gasteiger partial charge is 0.253 e. The second kappa shape index (κ2) is 10.9. The Bertz CT molecular complexity index is 1010. The lowest BCUT2D eigenvalue weighted by atomic mass is 10.1. The SMILES string of the molecule is CCNC(=NCc1cccc(-c2ncn[nH]2)c1)NCCc1cccc(C(=O)N(C)C)c1. The molecular formula is C23H29N7O. The van der Waals surface area contributed by atoms with Crippen molar-refractivity contribution in [3.8, 4) is 11.4 Å². The van der Waals surface area contributed by atoms with Gasteiger partial charge >= 0.3 is 0 Å². The summed E-state index contributed by atoms with van der Waals surface area (Å²) in [4.78, 5) is 22.6. The summed E-state index contributed by atoms with van der Waals surface area (Å²) >= 11 is 0. The van der Waals surface area contributed by atoms with Crippen LogP contribution in [0.5, 0.6) is 0 Å². The van der Waals surface area contributed by atoms with Gasteiger partial charge in [0.1, 0.15) is 6.33 Å². The highest BCUT2D eigenvalue weighted by atomic mass is 16.2. The van der Waals surface area contributed by atoms with Crippen molar-refractivity contribution in [3.63, 3.8) is 0 Å². The van der Waals surface area contributed by atoms with Crippen molar-refractivity contribution < 1.29 is 4.79 Å². The maximum absolute atomic E-state index is 12.2. The van der Waals surface area contributed by atoms with E-state index in [0.717, 1.165) is 41.4 Å². The van der Waals surface area contributed by atoms with Gasteiger partial charge in [-0.25, -0.2) is 9.98 Å². The van der Waals surface area contributed by atoms with Gasteiger partial charge in [0.05, 0.1) is 6.54 Å². The molecule has 0 aliphatic carbocycles. The van der Waals surface area contributed by atoms with E-state index in [1.807, 2.05) is 49.4 Å². The number of guanidine groups is 1. The molecule has 31 heavy (non-hydrogen) atoms. The number of carbonyl (C=O) groups excluding carboxylic acids is 1. The van der Waals surface area contributed by atoms with E-state index in [9.17, 15) is 4.79 Å². The van der Waals surface area contributed by atoms with Crippen molar-refractivity contribution >= 4 is 11.9 Å². The summed E-state index contributed by atoms with van der Waals surface area (Å²) in [5, 5.41) is 13.4. The number of benzene rings is 2. The number of rotatable bonds is 8. The van der Waals surface area contributed by atoms with Crippen molar-refractivity contribution in [1.29, 1.82) is 0 Å². The Morgan fingerprint density at radius 2 is 1.90 bits per heavy atom. The summed E-state index contributed by atoms with van der Waals surface area (Å²) in [6, 6.07) is 15.8. The average molecular weight is 420 g/mol. The van der Waals surface area contributed by atoms with E-state index >= 15 is 0 Å². The molecule has 0 radical (unpaired) electrons. The van der Waals surface area contributed by atoms with Crippen LogP contribution in [-0.4, -0.2) is 59.1 Å². The van der Waals surface area contributed by atoms with Crippen molar-refractivity contribution in [3.05, 3.63) is 71.5 Å². The highest BCUT2D eigenvalue weighted by Gasteiger charge is 2.08. The molecule has 0 aliphatic rings. The molecule has 0 aliphatic heterocycles. The maximum Gasteiger partial charge on any atom is 0.253 e. The van der Waals surface area contributed by atoms with Gasteiger partial charge in [0.25, 0.3) is 5.91 Å². The van der Waals surface area contributed by atoms with Crippen LogP contribution in [0.2, 0.25) is 0 Å². The number of hydrogen-bond donors (Lipinski definition) is 3. The Kier molecular flexibility index (Phi) is 7.75. The molecule has 0 saturated heterocycles. The molecule has 0 unspecified atom stereocenters. The maximum atomic E-state index is 12.2. The van der Waals surface area contributed by atoms with Crippen molar-refractivity contribution in [1.82, 2.24) is 30.7 Å². The predicted molar refractivity (Wildman–Crippen MR) is 123 cm³/mol. The second-order valence-electron chi connectivity index (χ2n) is 7.31. The lowest BCUT2D eigenvalue weighted by Gasteiger charge is -2.13. The molecule has 8 nitrogen and oxygen atoms in total. The van der Waals surface area contributed by atoms with Crippen LogP contribution in [0.1, 0.15) is 28.4 Å². The molecule has 0 bridgehead atoms. The number of H-pyrrole nitrogens is 1. The van der Waals surface area contributed by atoms with E-state index in [-0.39, 0.29) is 5.91 Å². The Morgan fingerprint density at radius 1 is 1.10 bits per heavy atom. The van der Waals surface area contributed by atoms with Gasteiger partial charge in [0.2, 0.25) is 0 Å². The van der Waals surface area contributed by atoms with Crippen LogP contribution in [0.3, 0.4) is 0 Å². The van der Waals surface area contributed by atoms with Crippen LogP contribution in [0.25, 0.3) is 11.4 Å². The highest BCUT2D eigenvalue weighted by Crippen LogP contribution is 2.16. The first kappa shape index (κ1) is 22.0. The van der Waals surface area contributed by atoms with Gasteiger partial charge in [-0.05, 0) is 42.7 Å². The zero-order valence-corrected chi connectivity index (χ0v) is 18.2. The molecule has 0 fully saturated rings. The molecule has 3 aromatic rings. The number of nitrogens with zero attached hydrogens (tertiary/aromatic N) is 4. The van der Waals surface area contributed by atoms with Gasteiger partial charge in [-0.1, -0.05) is 30.3 Å².